The standard InChI is InChI=1S/C22H32N6O.C3H6O3.C3H6O2.C2H6.K.Na/c1-7-11-25-17-10-9-15(3)19(13-17)26-21(23)20-16(4)18(14-28(20)24-5)22(29)27(6)12-8-2;1-5-3-6-2-4;1-3(5)2-4;1-2;;/h9-10,13-14H,7-8,11-12H2,1-6H3,(H2,23,26);2H,3H2,1H3;2-3,5H,1H3;1-2H3;;/q-2;;;;2*+1. The van der Waals surface area contributed by atoms with Gasteiger partial charge in [0.1, 0.15) is 18.2 Å². The molecule has 1 atom stereocenters. The first-order chi connectivity index (χ1) is 20.0. The molecular formula is C30H50KN6NaO6. The number of rotatable bonds is 13. The molecule has 0 saturated carbocycles. The van der Waals surface area contributed by atoms with Crippen LogP contribution in [0, 0.1) is 13.8 Å². The van der Waals surface area contributed by atoms with Gasteiger partial charge in [-0.2, -0.15) is 0 Å². The third-order valence-corrected chi connectivity index (χ3v) is 5.24. The molecule has 1 aromatic heterocycles. The van der Waals surface area contributed by atoms with Crippen LogP contribution in [0.2, 0.25) is 0 Å². The van der Waals surface area contributed by atoms with Gasteiger partial charge >= 0.3 is 80.9 Å². The number of carbonyl (C=O) groups excluding carboxylic acids is 3. The molecule has 2 aromatic rings. The second-order valence-electron chi connectivity index (χ2n) is 8.68. The van der Waals surface area contributed by atoms with E-state index in [0.717, 1.165) is 41.9 Å². The number of aliphatic hydroxyl groups excluding tert-OH is 1. The quantitative estimate of drug-likeness (QED) is 0.0712. The van der Waals surface area contributed by atoms with Crippen molar-refractivity contribution in [1.82, 2.24) is 9.58 Å². The Morgan fingerprint density at radius 1 is 1.20 bits per heavy atom. The SMILES string of the molecule is CC.CC(O)C=O.CCC[N-]c1ccc(C)c(N=C(N)c2c(C)c(C(=O)N(C)CCC)cn2[N-]C)c1.COCOC=O.[K+].[Na+]. The molecule has 44 heavy (non-hydrogen) atoms. The van der Waals surface area contributed by atoms with Crippen LogP contribution < -0.4 is 86.7 Å². The minimum atomic E-state index is -0.796. The maximum absolute atomic E-state index is 12.8. The molecule has 0 bridgehead atoms. The predicted octanol–water partition coefficient (Wildman–Crippen LogP) is -0.831. The number of aliphatic hydroxyl groups is 1. The van der Waals surface area contributed by atoms with Gasteiger partial charge in [-0.25, -0.2) is 4.99 Å². The van der Waals surface area contributed by atoms with Gasteiger partial charge in [-0.05, 0) is 38.3 Å². The smallest absolute Gasteiger partial charge is 0.684 e. The van der Waals surface area contributed by atoms with E-state index in [0.29, 0.717) is 36.4 Å². The molecule has 1 unspecified atom stereocenters. The predicted molar refractivity (Wildman–Crippen MR) is 169 cm³/mol. The molecule has 0 fully saturated rings. The van der Waals surface area contributed by atoms with Crippen LogP contribution in [-0.4, -0.2) is 86.4 Å². The van der Waals surface area contributed by atoms with Crippen molar-refractivity contribution in [3.63, 3.8) is 0 Å². The van der Waals surface area contributed by atoms with Crippen molar-refractivity contribution < 1.29 is 110 Å². The first kappa shape index (κ1) is 49.6. The number of ether oxygens (including phenoxy) is 2. The summed E-state index contributed by atoms with van der Waals surface area (Å²) in [6.07, 6.45) is 3.29. The molecule has 2 rings (SSSR count). The van der Waals surface area contributed by atoms with Crippen LogP contribution in [0.25, 0.3) is 10.7 Å². The van der Waals surface area contributed by atoms with Crippen molar-refractivity contribution in [3.05, 3.63) is 57.5 Å². The van der Waals surface area contributed by atoms with E-state index in [4.69, 9.17) is 10.8 Å². The van der Waals surface area contributed by atoms with E-state index >= 15 is 0 Å². The molecule has 0 aliphatic rings. The molecular weight excluding hydrogens is 602 g/mol. The zero-order valence-corrected chi connectivity index (χ0v) is 34.0. The number of nitrogens with zero attached hydrogens (tertiary/aromatic N) is 5. The zero-order chi connectivity index (χ0) is 32.7. The van der Waals surface area contributed by atoms with Crippen molar-refractivity contribution in [2.24, 2.45) is 10.7 Å². The molecule has 0 radical (unpaired) electrons. The number of methoxy groups -OCH3 is 1. The van der Waals surface area contributed by atoms with Gasteiger partial charge in [0.15, 0.2) is 6.79 Å². The molecule has 1 heterocycles. The van der Waals surface area contributed by atoms with Gasteiger partial charge < -0.3 is 45.4 Å². The Hall–Kier alpha value is -1.26. The Morgan fingerprint density at radius 2 is 1.80 bits per heavy atom. The Morgan fingerprint density at radius 3 is 2.23 bits per heavy atom. The normalized spacial score (nSPS) is 10.3. The number of nitrogens with two attached hydrogens (primary N) is 1. The van der Waals surface area contributed by atoms with Crippen molar-refractivity contribution >= 4 is 35.9 Å². The summed E-state index contributed by atoms with van der Waals surface area (Å²) >= 11 is 0. The van der Waals surface area contributed by atoms with E-state index in [1.807, 2.05) is 52.8 Å². The monoisotopic (exact) mass is 652 g/mol. The number of amidine groups is 1. The third-order valence-electron chi connectivity index (χ3n) is 5.24. The maximum atomic E-state index is 12.8. The molecule has 238 valence electrons. The number of amides is 1. The summed E-state index contributed by atoms with van der Waals surface area (Å²) in [4.78, 5) is 37.7. The maximum Gasteiger partial charge on any atom is 1.00 e. The molecule has 14 heteroatoms. The third kappa shape index (κ3) is 19.3. The second kappa shape index (κ2) is 30.4. The van der Waals surface area contributed by atoms with E-state index < -0.39 is 6.10 Å². The van der Waals surface area contributed by atoms with Gasteiger partial charge in [-0.15, -0.1) is 19.3 Å². The van der Waals surface area contributed by atoms with Crippen LogP contribution in [0.3, 0.4) is 0 Å². The Balaban J connectivity index is -0.000000452. The van der Waals surface area contributed by atoms with Gasteiger partial charge in [0.05, 0.1) is 16.9 Å². The van der Waals surface area contributed by atoms with Crippen LogP contribution in [0.1, 0.15) is 74.6 Å². The molecule has 1 aromatic carbocycles. The van der Waals surface area contributed by atoms with Crippen molar-refractivity contribution in [3.8, 4) is 0 Å². The number of benzene rings is 1. The fourth-order valence-electron chi connectivity index (χ4n) is 3.24. The summed E-state index contributed by atoms with van der Waals surface area (Å²) in [5, 5.41) is 12.5. The molecule has 0 aliphatic heterocycles. The Bertz CT molecular complexity index is 1100. The minimum Gasteiger partial charge on any atom is -0.684 e. The van der Waals surface area contributed by atoms with Crippen molar-refractivity contribution in [1.29, 1.82) is 0 Å². The molecule has 0 saturated heterocycles. The number of carbonyl (C=O) groups is 3. The topological polar surface area (TPSA) is 165 Å². The Labute approximate surface area is 328 Å². The number of aryl methyl sites for hydroxylation is 1. The average molecular weight is 653 g/mol. The van der Waals surface area contributed by atoms with Crippen LogP contribution in [0.5, 0.6) is 0 Å². The van der Waals surface area contributed by atoms with E-state index in [1.165, 1.54) is 14.0 Å². The summed E-state index contributed by atoms with van der Waals surface area (Å²) in [5.74, 6) is 0.276. The van der Waals surface area contributed by atoms with Gasteiger partial charge in [-0.1, -0.05) is 52.3 Å². The number of aliphatic imine (C=N–C) groups is 1. The van der Waals surface area contributed by atoms with Crippen LogP contribution >= 0.6 is 0 Å². The zero-order valence-electron chi connectivity index (χ0n) is 28.9. The first-order valence-electron chi connectivity index (χ1n) is 13.9. The summed E-state index contributed by atoms with van der Waals surface area (Å²) < 4.78 is 10.0. The van der Waals surface area contributed by atoms with Crippen molar-refractivity contribution in [2.45, 2.75) is 67.4 Å². The number of hydrogen-bond acceptors (Lipinski definition) is 7. The summed E-state index contributed by atoms with van der Waals surface area (Å²) in [5.41, 5.74) is 15.3. The van der Waals surface area contributed by atoms with Crippen LogP contribution in [0.4, 0.5) is 11.4 Å². The van der Waals surface area contributed by atoms with Gasteiger partial charge in [0.2, 0.25) is 0 Å². The molecule has 12 nitrogen and oxygen atoms in total. The molecule has 3 N–H and O–H groups in total. The van der Waals surface area contributed by atoms with Gasteiger partial charge in [-0.3, -0.25) is 9.59 Å². The van der Waals surface area contributed by atoms with Gasteiger partial charge in [0, 0.05) is 26.9 Å². The van der Waals surface area contributed by atoms with E-state index in [1.54, 1.807) is 29.9 Å². The van der Waals surface area contributed by atoms with Crippen molar-refractivity contribution in [2.75, 3.05) is 41.1 Å². The molecule has 1 amide bonds. The van der Waals surface area contributed by atoms with Gasteiger partial charge in [0.25, 0.3) is 12.4 Å². The summed E-state index contributed by atoms with van der Waals surface area (Å²) in [7, 11) is 4.91. The summed E-state index contributed by atoms with van der Waals surface area (Å²) in [6.45, 7) is 15.3. The fourth-order valence-corrected chi connectivity index (χ4v) is 3.24. The van der Waals surface area contributed by atoms with E-state index in [-0.39, 0.29) is 93.6 Å². The average Bonchev–Trinajstić information content (AvgIpc) is 3.33. The van der Waals surface area contributed by atoms with Crippen LogP contribution in [-0.2, 0) is 19.1 Å². The summed E-state index contributed by atoms with van der Waals surface area (Å²) in [6, 6.07) is 5.91. The Kier molecular flexibility index (Phi) is 34.3. The fraction of sp³-hybridized carbons (Fsp3) is 0.533. The minimum absolute atomic E-state index is 0. The number of hydrogen-bond donors (Lipinski definition) is 2. The molecule has 0 spiro atoms. The van der Waals surface area contributed by atoms with E-state index in [9.17, 15) is 14.4 Å². The molecule has 0 aliphatic carbocycles. The largest absolute Gasteiger partial charge is 1.00 e. The second-order valence-corrected chi connectivity index (χ2v) is 8.68. The van der Waals surface area contributed by atoms with Crippen LogP contribution in [0.15, 0.2) is 29.4 Å². The first-order valence-corrected chi connectivity index (χ1v) is 13.9. The number of aldehydes is 1. The number of aromatic nitrogens is 1. The van der Waals surface area contributed by atoms with E-state index in [2.05, 4.69) is 32.1 Å².